The van der Waals surface area contributed by atoms with Crippen LogP contribution in [0.25, 0.3) is 0 Å². The Bertz CT molecular complexity index is 932. The van der Waals surface area contributed by atoms with Crippen molar-refractivity contribution in [1.82, 2.24) is 4.90 Å². The number of hydrogen-bond acceptors (Lipinski definition) is 3. The number of hydrogen-bond donors (Lipinski definition) is 2. The molecule has 2 aromatic rings. The van der Waals surface area contributed by atoms with E-state index in [0.717, 1.165) is 34.5 Å². The van der Waals surface area contributed by atoms with Crippen LogP contribution in [0.15, 0.2) is 42.5 Å². The predicted molar refractivity (Wildman–Crippen MR) is 120 cm³/mol. The number of nitrogens with one attached hydrogen (secondary N) is 2. The number of para-hydroxylation sites is 1. The molecule has 3 amide bonds. The Kier molecular flexibility index (Phi) is 6.34. The number of carbonyl (C=O) groups excluding carboxylic acids is 2. The minimum absolute atomic E-state index is 0.269. The summed E-state index contributed by atoms with van der Waals surface area (Å²) in [5, 5.41) is 5.86. The molecule has 1 aliphatic heterocycles. The molecule has 0 bridgehead atoms. The lowest BCUT2D eigenvalue weighted by Gasteiger charge is -2.31. The third-order valence-electron chi connectivity index (χ3n) is 4.96. The van der Waals surface area contributed by atoms with Crippen LogP contribution in [-0.4, -0.2) is 29.2 Å². The van der Waals surface area contributed by atoms with E-state index in [0.29, 0.717) is 19.0 Å². The van der Waals surface area contributed by atoms with Crippen molar-refractivity contribution in [3.63, 3.8) is 0 Å². The number of fused-ring (bicyclic) bond motifs is 1. The zero-order valence-electron chi connectivity index (χ0n) is 18.4. The Hall–Kier alpha value is -3.02. The molecule has 0 fully saturated rings. The zero-order valence-corrected chi connectivity index (χ0v) is 18.4. The van der Waals surface area contributed by atoms with E-state index in [1.807, 2.05) is 63.2 Å². The van der Waals surface area contributed by atoms with Gasteiger partial charge < -0.3 is 20.3 Å². The molecule has 0 atom stereocenters. The Morgan fingerprint density at radius 2 is 1.77 bits per heavy atom. The van der Waals surface area contributed by atoms with Crippen LogP contribution in [0.5, 0.6) is 0 Å². The summed E-state index contributed by atoms with van der Waals surface area (Å²) < 4.78 is 5.47. The lowest BCUT2D eigenvalue weighted by Crippen LogP contribution is -2.39. The lowest BCUT2D eigenvalue weighted by atomic mass is 9.99. The molecule has 1 heterocycles. The van der Waals surface area contributed by atoms with Gasteiger partial charge in [0.05, 0.1) is 0 Å². The van der Waals surface area contributed by atoms with Gasteiger partial charge in [0.25, 0.3) is 0 Å². The van der Waals surface area contributed by atoms with Crippen molar-refractivity contribution in [3.05, 3.63) is 59.2 Å². The second-order valence-corrected chi connectivity index (χ2v) is 8.96. The van der Waals surface area contributed by atoms with E-state index in [9.17, 15) is 9.59 Å². The Labute approximate surface area is 178 Å². The normalized spacial score (nSPS) is 13.6. The van der Waals surface area contributed by atoms with E-state index in [2.05, 4.69) is 24.5 Å². The molecular formula is C24H31N3O3. The van der Waals surface area contributed by atoms with Crippen LogP contribution in [0.1, 0.15) is 57.2 Å². The van der Waals surface area contributed by atoms with Crippen LogP contribution in [-0.2, 0) is 17.7 Å². The van der Waals surface area contributed by atoms with E-state index in [1.54, 1.807) is 4.90 Å². The van der Waals surface area contributed by atoms with Gasteiger partial charge in [-0.1, -0.05) is 38.1 Å². The van der Waals surface area contributed by atoms with Gasteiger partial charge in [0.1, 0.15) is 5.60 Å². The van der Waals surface area contributed by atoms with Gasteiger partial charge in [-0.05, 0) is 68.0 Å². The molecule has 2 N–H and O–H groups in total. The Balaban J connectivity index is 1.64. The average Bonchev–Trinajstić information content (AvgIpc) is 2.66. The molecule has 0 aliphatic carbocycles. The van der Waals surface area contributed by atoms with E-state index in [4.69, 9.17) is 4.74 Å². The number of amides is 3. The maximum absolute atomic E-state index is 12.5. The lowest BCUT2D eigenvalue weighted by molar-refractivity contribution is 0.0224. The van der Waals surface area contributed by atoms with Crippen LogP contribution < -0.4 is 10.6 Å². The molecule has 1 aliphatic rings. The fourth-order valence-corrected chi connectivity index (χ4v) is 3.51. The third-order valence-corrected chi connectivity index (χ3v) is 4.96. The SMILES string of the molecule is CC(C)c1ccccc1NC(=O)Nc1ccc2c(c1)CCN(C(=O)OC(C)(C)C)C2. The van der Waals surface area contributed by atoms with Crippen molar-refractivity contribution in [1.29, 1.82) is 0 Å². The number of nitrogens with zero attached hydrogens (tertiary/aromatic N) is 1. The fourth-order valence-electron chi connectivity index (χ4n) is 3.51. The number of anilines is 2. The first-order chi connectivity index (χ1) is 14.1. The van der Waals surface area contributed by atoms with Gasteiger partial charge in [0.15, 0.2) is 0 Å². The summed E-state index contributed by atoms with van der Waals surface area (Å²) in [6.07, 6.45) is 0.431. The van der Waals surface area contributed by atoms with Crippen molar-refractivity contribution in [3.8, 4) is 0 Å². The van der Waals surface area contributed by atoms with E-state index >= 15 is 0 Å². The second kappa shape index (κ2) is 8.78. The van der Waals surface area contributed by atoms with Crippen molar-refractivity contribution in [2.24, 2.45) is 0 Å². The zero-order chi connectivity index (χ0) is 21.9. The molecule has 0 saturated heterocycles. The van der Waals surface area contributed by atoms with Crippen LogP contribution in [0.4, 0.5) is 21.0 Å². The smallest absolute Gasteiger partial charge is 0.410 e. The topological polar surface area (TPSA) is 70.7 Å². The number of rotatable bonds is 3. The van der Waals surface area contributed by atoms with Gasteiger partial charge >= 0.3 is 12.1 Å². The molecule has 2 aromatic carbocycles. The van der Waals surface area contributed by atoms with Crippen LogP contribution in [0.2, 0.25) is 0 Å². The summed E-state index contributed by atoms with van der Waals surface area (Å²) in [4.78, 5) is 26.5. The molecule has 6 heteroatoms. The first-order valence-electron chi connectivity index (χ1n) is 10.4. The Morgan fingerprint density at radius 3 is 2.47 bits per heavy atom. The molecule has 0 aromatic heterocycles. The summed E-state index contributed by atoms with van der Waals surface area (Å²) in [6, 6.07) is 13.4. The number of benzene rings is 2. The average molecular weight is 410 g/mol. The van der Waals surface area contributed by atoms with Gasteiger partial charge in [0, 0.05) is 24.5 Å². The summed E-state index contributed by atoms with van der Waals surface area (Å²) in [6.45, 7) is 10.9. The second-order valence-electron chi connectivity index (χ2n) is 8.96. The van der Waals surface area contributed by atoms with Crippen molar-refractivity contribution < 1.29 is 14.3 Å². The van der Waals surface area contributed by atoms with E-state index in [1.165, 1.54) is 0 Å². The fraction of sp³-hybridized carbons (Fsp3) is 0.417. The van der Waals surface area contributed by atoms with Crippen molar-refractivity contribution in [2.45, 2.75) is 59.1 Å². The minimum Gasteiger partial charge on any atom is -0.444 e. The molecule has 30 heavy (non-hydrogen) atoms. The maximum Gasteiger partial charge on any atom is 0.410 e. The van der Waals surface area contributed by atoms with Gasteiger partial charge in [-0.15, -0.1) is 0 Å². The first kappa shape index (κ1) is 21.7. The predicted octanol–water partition coefficient (Wildman–Crippen LogP) is 5.75. The largest absolute Gasteiger partial charge is 0.444 e. The highest BCUT2D eigenvalue weighted by Crippen LogP contribution is 2.26. The van der Waals surface area contributed by atoms with Crippen molar-refractivity contribution in [2.75, 3.05) is 17.2 Å². The molecule has 0 spiro atoms. The summed E-state index contributed by atoms with van der Waals surface area (Å²) in [5.74, 6) is 0.318. The van der Waals surface area contributed by atoms with Crippen LogP contribution in [0, 0.1) is 0 Å². The highest BCUT2D eigenvalue weighted by molar-refractivity contribution is 6.00. The van der Waals surface area contributed by atoms with Gasteiger partial charge in [-0.25, -0.2) is 9.59 Å². The van der Waals surface area contributed by atoms with E-state index < -0.39 is 5.60 Å². The monoisotopic (exact) mass is 409 g/mol. The van der Waals surface area contributed by atoms with Gasteiger partial charge in [-0.2, -0.15) is 0 Å². The standard InChI is InChI=1S/C24H31N3O3/c1-16(2)20-8-6-7-9-21(20)26-22(28)25-19-11-10-18-15-27(13-12-17(18)14-19)23(29)30-24(3,4)5/h6-11,14,16H,12-13,15H2,1-5H3,(H2,25,26,28). The maximum atomic E-state index is 12.5. The highest BCUT2D eigenvalue weighted by atomic mass is 16.6. The number of ether oxygens (including phenoxy) is 1. The molecule has 160 valence electrons. The summed E-state index contributed by atoms with van der Waals surface area (Å²) in [5.41, 5.74) is 4.35. The number of carbonyl (C=O) groups is 2. The molecule has 0 radical (unpaired) electrons. The van der Waals surface area contributed by atoms with E-state index in [-0.39, 0.29) is 12.1 Å². The van der Waals surface area contributed by atoms with Crippen LogP contribution in [0.3, 0.4) is 0 Å². The van der Waals surface area contributed by atoms with Gasteiger partial charge in [-0.3, -0.25) is 0 Å². The summed E-state index contributed by atoms with van der Waals surface area (Å²) in [7, 11) is 0. The molecule has 0 saturated carbocycles. The third kappa shape index (κ3) is 5.53. The number of urea groups is 1. The summed E-state index contributed by atoms with van der Waals surface area (Å²) >= 11 is 0. The minimum atomic E-state index is -0.507. The highest BCUT2D eigenvalue weighted by Gasteiger charge is 2.25. The van der Waals surface area contributed by atoms with Crippen LogP contribution >= 0.6 is 0 Å². The first-order valence-corrected chi connectivity index (χ1v) is 10.4. The molecule has 0 unspecified atom stereocenters. The molecular weight excluding hydrogens is 378 g/mol. The Morgan fingerprint density at radius 1 is 1.03 bits per heavy atom. The van der Waals surface area contributed by atoms with Crippen molar-refractivity contribution >= 4 is 23.5 Å². The quantitative estimate of drug-likeness (QED) is 0.678. The molecule has 3 rings (SSSR count). The van der Waals surface area contributed by atoms with Gasteiger partial charge in [0.2, 0.25) is 0 Å². The molecule has 6 nitrogen and oxygen atoms in total.